The third-order valence-corrected chi connectivity index (χ3v) is 12.0. The highest BCUT2D eigenvalue weighted by atomic mass is 16.6. The lowest BCUT2D eigenvalue weighted by atomic mass is 10.1. The lowest BCUT2D eigenvalue weighted by molar-refractivity contribution is -0.167. The Labute approximate surface area is 426 Å². The Balaban J connectivity index is 4.46. The molecule has 0 radical (unpaired) electrons. The molecule has 0 saturated carbocycles. The number of unbranched alkanes of at least 4 members (excludes halogenated alkanes) is 24. The minimum Gasteiger partial charge on any atom is -0.462 e. The number of allylic oxidation sites excluding steroid dienone is 16. The summed E-state index contributed by atoms with van der Waals surface area (Å²) in [5.74, 6) is -0.936. The summed E-state index contributed by atoms with van der Waals surface area (Å²) in [5, 5.41) is 0. The van der Waals surface area contributed by atoms with E-state index in [1.807, 2.05) is 0 Å². The molecule has 0 aromatic carbocycles. The van der Waals surface area contributed by atoms with Crippen LogP contribution >= 0.6 is 0 Å². The molecule has 0 aliphatic heterocycles. The second-order valence-electron chi connectivity index (χ2n) is 18.8. The molecule has 0 aliphatic carbocycles. The van der Waals surface area contributed by atoms with E-state index < -0.39 is 6.10 Å². The second-order valence-corrected chi connectivity index (χ2v) is 18.8. The van der Waals surface area contributed by atoms with E-state index in [9.17, 15) is 14.4 Å². The lowest BCUT2D eigenvalue weighted by Crippen LogP contribution is -2.30. The first kappa shape index (κ1) is 65.3. The van der Waals surface area contributed by atoms with E-state index in [4.69, 9.17) is 14.2 Å². The van der Waals surface area contributed by atoms with Crippen LogP contribution in [-0.4, -0.2) is 37.2 Å². The standard InChI is InChI=1S/C63H106O6/c1-4-7-10-13-16-19-22-25-28-30-31-33-36-38-41-44-47-50-53-56-62(65)68-59-60(69-63(66)57-54-51-48-45-42-39-34-27-24-21-18-15-12-9-6-3)58-67-61(64)55-52-49-46-43-40-37-35-32-29-26-23-20-17-14-11-8-5-2/h7,10,16-17,19-21,24-26,28-29,31,33,38,41,60H,4-6,8-9,11-15,18,22-23,27,30,32,34-37,39-40,42-59H2,1-3H3/b10-7-,19-16-,20-17-,24-21-,28-25-,29-26-,33-31-,41-38-/t60-/m0/s1. The molecule has 0 heterocycles. The summed E-state index contributed by atoms with van der Waals surface area (Å²) in [7, 11) is 0. The summed E-state index contributed by atoms with van der Waals surface area (Å²) in [4.78, 5) is 38.2. The fourth-order valence-electron chi connectivity index (χ4n) is 7.73. The lowest BCUT2D eigenvalue weighted by Gasteiger charge is -2.18. The normalized spacial score (nSPS) is 12.8. The van der Waals surface area contributed by atoms with Crippen LogP contribution in [0.2, 0.25) is 0 Å². The SMILES string of the molecule is CC/C=C\C/C=C\C/C=C\C/C=C\C/C=C\CCCCCC(=O)OC[C@H](COC(=O)CCCCCCCCC/C=C\C/C=C\CCCCC)OC(=O)CCCCCCCCC/C=C\CCCCCC. The maximum Gasteiger partial charge on any atom is 0.306 e. The van der Waals surface area contributed by atoms with Gasteiger partial charge in [0.05, 0.1) is 0 Å². The van der Waals surface area contributed by atoms with Crippen molar-refractivity contribution in [2.75, 3.05) is 13.2 Å². The molecule has 0 unspecified atom stereocenters. The molecular formula is C63H106O6. The van der Waals surface area contributed by atoms with Gasteiger partial charge in [-0.1, -0.05) is 221 Å². The Kier molecular flexibility index (Phi) is 53.9. The fourth-order valence-corrected chi connectivity index (χ4v) is 7.73. The fraction of sp³-hybridized carbons (Fsp3) is 0.698. The molecule has 6 heteroatoms. The first-order valence-electron chi connectivity index (χ1n) is 28.7. The highest BCUT2D eigenvalue weighted by Gasteiger charge is 2.19. The van der Waals surface area contributed by atoms with E-state index in [1.165, 1.54) is 116 Å². The molecule has 0 spiro atoms. The zero-order valence-corrected chi connectivity index (χ0v) is 45.0. The monoisotopic (exact) mass is 959 g/mol. The first-order chi connectivity index (χ1) is 34.0. The number of hydrogen-bond acceptors (Lipinski definition) is 6. The summed E-state index contributed by atoms with van der Waals surface area (Å²) in [6.07, 6.45) is 75.3. The highest BCUT2D eigenvalue weighted by Crippen LogP contribution is 2.14. The minimum absolute atomic E-state index is 0.0944. The third kappa shape index (κ3) is 55.1. The van der Waals surface area contributed by atoms with Crippen LogP contribution in [0.3, 0.4) is 0 Å². The highest BCUT2D eigenvalue weighted by molar-refractivity contribution is 5.71. The van der Waals surface area contributed by atoms with Crippen molar-refractivity contribution in [1.82, 2.24) is 0 Å². The van der Waals surface area contributed by atoms with Gasteiger partial charge in [-0.25, -0.2) is 0 Å². The van der Waals surface area contributed by atoms with Crippen LogP contribution in [0.5, 0.6) is 0 Å². The van der Waals surface area contributed by atoms with E-state index in [1.54, 1.807) is 0 Å². The van der Waals surface area contributed by atoms with Gasteiger partial charge in [0.15, 0.2) is 6.10 Å². The van der Waals surface area contributed by atoms with Crippen molar-refractivity contribution >= 4 is 17.9 Å². The molecular weight excluding hydrogens is 853 g/mol. The zero-order chi connectivity index (χ0) is 50.0. The van der Waals surface area contributed by atoms with Crippen LogP contribution in [0.1, 0.15) is 265 Å². The number of rotatable bonds is 51. The van der Waals surface area contributed by atoms with Crippen LogP contribution in [0.15, 0.2) is 97.2 Å². The van der Waals surface area contributed by atoms with Crippen molar-refractivity contribution in [2.24, 2.45) is 0 Å². The third-order valence-electron chi connectivity index (χ3n) is 12.0. The summed E-state index contributed by atoms with van der Waals surface area (Å²) < 4.78 is 16.8. The molecule has 0 fully saturated rings. The molecule has 0 aliphatic rings. The maximum absolute atomic E-state index is 12.9. The number of carbonyl (C=O) groups is 3. The van der Waals surface area contributed by atoms with E-state index in [-0.39, 0.29) is 31.1 Å². The van der Waals surface area contributed by atoms with Gasteiger partial charge in [-0.05, 0) is 122 Å². The topological polar surface area (TPSA) is 78.9 Å². The Morgan fingerprint density at radius 2 is 0.565 bits per heavy atom. The van der Waals surface area contributed by atoms with Crippen molar-refractivity contribution in [1.29, 1.82) is 0 Å². The Hall–Kier alpha value is -3.67. The average molecular weight is 960 g/mol. The predicted octanol–water partition coefficient (Wildman–Crippen LogP) is 19.3. The van der Waals surface area contributed by atoms with E-state index in [2.05, 4.69) is 118 Å². The Morgan fingerprint density at radius 1 is 0.304 bits per heavy atom. The van der Waals surface area contributed by atoms with Gasteiger partial charge in [0.1, 0.15) is 13.2 Å². The van der Waals surface area contributed by atoms with Crippen LogP contribution < -0.4 is 0 Å². The molecule has 0 aromatic heterocycles. The van der Waals surface area contributed by atoms with Crippen LogP contribution in [0.4, 0.5) is 0 Å². The van der Waals surface area contributed by atoms with Gasteiger partial charge < -0.3 is 14.2 Å². The molecule has 0 amide bonds. The van der Waals surface area contributed by atoms with Gasteiger partial charge >= 0.3 is 17.9 Å². The summed E-state index contributed by atoms with van der Waals surface area (Å²) in [5.41, 5.74) is 0. The molecule has 0 N–H and O–H groups in total. The summed E-state index contributed by atoms with van der Waals surface area (Å²) in [6.45, 7) is 6.46. The van der Waals surface area contributed by atoms with Crippen molar-refractivity contribution in [2.45, 2.75) is 271 Å². The van der Waals surface area contributed by atoms with E-state index in [0.29, 0.717) is 19.3 Å². The van der Waals surface area contributed by atoms with Crippen LogP contribution in [0, 0.1) is 0 Å². The van der Waals surface area contributed by atoms with Gasteiger partial charge in [-0.15, -0.1) is 0 Å². The van der Waals surface area contributed by atoms with Crippen molar-refractivity contribution in [3.63, 3.8) is 0 Å². The number of esters is 3. The van der Waals surface area contributed by atoms with Crippen LogP contribution in [-0.2, 0) is 28.6 Å². The van der Waals surface area contributed by atoms with E-state index in [0.717, 1.165) is 109 Å². The van der Waals surface area contributed by atoms with Gasteiger partial charge in [0.25, 0.3) is 0 Å². The summed E-state index contributed by atoms with van der Waals surface area (Å²) >= 11 is 0. The molecule has 6 nitrogen and oxygen atoms in total. The quantitative estimate of drug-likeness (QED) is 0.0262. The van der Waals surface area contributed by atoms with Crippen LogP contribution in [0.25, 0.3) is 0 Å². The van der Waals surface area contributed by atoms with E-state index >= 15 is 0 Å². The van der Waals surface area contributed by atoms with Gasteiger partial charge in [0.2, 0.25) is 0 Å². The van der Waals surface area contributed by atoms with Gasteiger partial charge in [-0.2, -0.15) is 0 Å². The molecule has 0 aromatic rings. The number of hydrogen-bond donors (Lipinski definition) is 0. The zero-order valence-electron chi connectivity index (χ0n) is 45.0. The number of carbonyl (C=O) groups excluding carboxylic acids is 3. The largest absolute Gasteiger partial charge is 0.462 e. The molecule has 69 heavy (non-hydrogen) atoms. The second kappa shape index (κ2) is 56.9. The summed E-state index contributed by atoms with van der Waals surface area (Å²) in [6, 6.07) is 0. The van der Waals surface area contributed by atoms with Crippen molar-refractivity contribution in [3.8, 4) is 0 Å². The predicted molar refractivity (Wildman–Crippen MR) is 297 cm³/mol. The Morgan fingerprint density at radius 3 is 0.942 bits per heavy atom. The van der Waals surface area contributed by atoms with Gasteiger partial charge in [0, 0.05) is 19.3 Å². The smallest absolute Gasteiger partial charge is 0.306 e. The van der Waals surface area contributed by atoms with Crippen molar-refractivity contribution in [3.05, 3.63) is 97.2 Å². The average Bonchev–Trinajstić information content (AvgIpc) is 3.35. The Bertz CT molecular complexity index is 1380. The number of ether oxygens (including phenoxy) is 3. The molecule has 1 atom stereocenters. The minimum atomic E-state index is -0.798. The molecule has 0 bridgehead atoms. The first-order valence-corrected chi connectivity index (χ1v) is 28.7. The molecule has 0 rings (SSSR count). The molecule has 394 valence electrons. The molecule has 0 saturated heterocycles. The van der Waals surface area contributed by atoms with Crippen molar-refractivity contribution < 1.29 is 28.6 Å². The van der Waals surface area contributed by atoms with Gasteiger partial charge in [-0.3, -0.25) is 14.4 Å². The maximum atomic E-state index is 12.9.